The van der Waals surface area contributed by atoms with Crippen LogP contribution in [0.2, 0.25) is 0 Å². The summed E-state index contributed by atoms with van der Waals surface area (Å²) in [5.41, 5.74) is 0.0566. The molecular formula is C17H8BrF3N4. The molecule has 0 saturated heterocycles. The molecule has 0 unspecified atom stereocenters. The van der Waals surface area contributed by atoms with Gasteiger partial charge in [-0.15, -0.1) is 0 Å². The fourth-order valence-corrected chi connectivity index (χ4v) is 3.01. The summed E-state index contributed by atoms with van der Waals surface area (Å²) in [6.45, 7) is 0. The SMILES string of the molecule is Fc1cc2ncccc2c(F)c1Nc1ncnc2cc(Br)cc(F)c12. The molecule has 0 aliphatic carbocycles. The highest BCUT2D eigenvalue weighted by molar-refractivity contribution is 9.10. The molecule has 0 bridgehead atoms. The summed E-state index contributed by atoms with van der Waals surface area (Å²) in [6, 6.07) is 6.95. The number of hydrogen-bond donors (Lipinski definition) is 1. The highest BCUT2D eigenvalue weighted by atomic mass is 79.9. The van der Waals surface area contributed by atoms with Gasteiger partial charge in [0.15, 0.2) is 11.6 Å². The first-order valence-electron chi connectivity index (χ1n) is 7.14. The normalized spacial score (nSPS) is 11.2. The smallest absolute Gasteiger partial charge is 0.159 e. The molecule has 0 saturated carbocycles. The number of nitrogens with one attached hydrogen (secondary N) is 1. The third-order valence-electron chi connectivity index (χ3n) is 3.69. The first-order valence-corrected chi connectivity index (χ1v) is 7.93. The average molecular weight is 405 g/mol. The van der Waals surface area contributed by atoms with Gasteiger partial charge >= 0.3 is 0 Å². The minimum atomic E-state index is -0.854. The molecule has 124 valence electrons. The topological polar surface area (TPSA) is 50.7 Å². The summed E-state index contributed by atoms with van der Waals surface area (Å²) in [5, 5.41) is 2.74. The zero-order valence-electron chi connectivity index (χ0n) is 12.4. The summed E-state index contributed by atoms with van der Waals surface area (Å²) in [4.78, 5) is 11.8. The van der Waals surface area contributed by atoms with E-state index in [0.717, 1.165) is 6.07 Å². The van der Waals surface area contributed by atoms with Crippen molar-refractivity contribution >= 4 is 49.2 Å². The average Bonchev–Trinajstić information content (AvgIpc) is 2.58. The Morgan fingerprint density at radius 1 is 0.920 bits per heavy atom. The Labute approximate surface area is 147 Å². The van der Waals surface area contributed by atoms with Crippen LogP contribution in [0.25, 0.3) is 21.8 Å². The van der Waals surface area contributed by atoms with Crippen LogP contribution in [-0.4, -0.2) is 15.0 Å². The van der Waals surface area contributed by atoms with Gasteiger partial charge in [-0.05, 0) is 24.3 Å². The Morgan fingerprint density at radius 3 is 2.60 bits per heavy atom. The van der Waals surface area contributed by atoms with E-state index in [-0.39, 0.29) is 22.1 Å². The molecule has 1 N–H and O–H groups in total. The van der Waals surface area contributed by atoms with Gasteiger partial charge in [0.1, 0.15) is 23.6 Å². The van der Waals surface area contributed by atoms with Gasteiger partial charge < -0.3 is 5.32 Å². The number of fused-ring (bicyclic) bond motifs is 2. The number of nitrogens with zero attached hydrogens (tertiary/aromatic N) is 3. The van der Waals surface area contributed by atoms with E-state index in [9.17, 15) is 13.2 Å². The Hall–Kier alpha value is -2.74. The van der Waals surface area contributed by atoms with Gasteiger partial charge in [-0.1, -0.05) is 15.9 Å². The zero-order valence-corrected chi connectivity index (χ0v) is 14.0. The summed E-state index contributed by atoms with van der Waals surface area (Å²) in [5.74, 6) is -2.33. The van der Waals surface area contributed by atoms with Crippen molar-refractivity contribution in [3.8, 4) is 0 Å². The molecular weight excluding hydrogens is 397 g/mol. The molecule has 2 aromatic carbocycles. The largest absolute Gasteiger partial charge is 0.335 e. The first kappa shape index (κ1) is 15.8. The number of pyridine rings is 1. The highest BCUT2D eigenvalue weighted by Crippen LogP contribution is 2.32. The third-order valence-corrected chi connectivity index (χ3v) is 4.15. The van der Waals surface area contributed by atoms with Crippen molar-refractivity contribution in [2.24, 2.45) is 0 Å². The van der Waals surface area contributed by atoms with E-state index < -0.39 is 23.1 Å². The predicted molar refractivity (Wildman–Crippen MR) is 92.1 cm³/mol. The molecule has 0 amide bonds. The van der Waals surface area contributed by atoms with Crippen LogP contribution in [0.3, 0.4) is 0 Å². The van der Waals surface area contributed by atoms with Crippen LogP contribution in [0, 0.1) is 17.5 Å². The quantitative estimate of drug-likeness (QED) is 0.504. The Morgan fingerprint density at radius 2 is 1.76 bits per heavy atom. The molecule has 0 fully saturated rings. The van der Waals surface area contributed by atoms with E-state index >= 15 is 0 Å². The van der Waals surface area contributed by atoms with E-state index in [2.05, 4.69) is 36.2 Å². The van der Waals surface area contributed by atoms with Crippen molar-refractivity contribution in [2.75, 3.05) is 5.32 Å². The number of aromatic nitrogens is 3. The fourth-order valence-electron chi connectivity index (χ4n) is 2.59. The van der Waals surface area contributed by atoms with Crippen LogP contribution < -0.4 is 5.32 Å². The third kappa shape index (κ3) is 2.68. The molecule has 0 spiro atoms. The van der Waals surface area contributed by atoms with Crippen LogP contribution in [0.1, 0.15) is 0 Å². The second kappa shape index (κ2) is 5.96. The van der Waals surface area contributed by atoms with Crippen molar-refractivity contribution in [1.29, 1.82) is 0 Å². The maximum absolute atomic E-state index is 14.7. The number of hydrogen-bond acceptors (Lipinski definition) is 4. The zero-order chi connectivity index (χ0) is 17.6. The summed E-state index contributed by atoms with van der Waals surface area (Å²) >= 11 is 3.18. The van der Waals surface area contributed by atoms with Crippen LogP contribution in [0.4, 0.5) is 24.7 Å². The maximum Gasteiger partial charge on any atom is 0.159 e. The molecule has 0 atom stereocenters. The molecule has 4 nitrogen and oxygen atoms in total. The fraction of sp³-hybridized carbons (Fsp3) is 0. The molecule has 8 heteroatoms. The standard InChI is InChI=1S/C17H8BrF3N4/c18-8-4-10(19)14-13(5-8)23-7-24-17(14)25-16-11(20)6-12-9(15(16)21)2-1-3-22-12/h1-7H,(H,23,24,25). The first-order chi connectivity index (χ1) is 12.0. The van der Waals surface area contributed by atoms with Gasteiger partial charge in [-0.2, -0.15) is 0 Å². The lowest BCUT2D eigenvalue weighted by Crippen LogP contribution is -2.03. The van der Waals surface area contributed by atoms with E-state index in [0.29, 0.717) is 9.99 Å². The molecule has 2 aromatic heterocycles. The van der Waals surface area contributed by atoms with Crippen LogP contribution in [0.15, 0.2) is 47.3 Å². The van der Waals surface area contributed by atoms with Gasteiger partial charge in [0.05, 0.1) is 16.4 Å². The molecule has 0 aliphatic rings. The summed E-state index contributed by atoms with van der Waals surface area (Å²) in [6.07, 6.45) is 2.63. The molecule has 25 heavy (non-hydrogen) atoms. The van der Waals surface area contributed by atoms with Crippen LogP contribution >= 0.6 is 15.9 Å². The van der Waals surface area contributed by atoms with E-state index in [1.165, 1.54) is 24.7 Å². The molecule has 2 heterocycles. The Balaban J connectivity index is 1.92. The maximum atomic E-state index is 14.7. The molecule has 4 aromatic rings. The predicted octanol–water partition coefficient (Wildman–Crippen LogP) is 5.10. The molecule has 4 rings (SSSR count). The lowest BCUT2D eigenvalue weighted by Gasteiger charge is -2.12. The second-order valence-electron chi connectivity index (χ2n) is 5.25. The van der Waals surface area contributed by atoms with E-state index in [4.69, 9.17) is 0 Å². The van der Waals surface area contributed by atoms with E-state index in [1.54, 1.807) is 12.1 Å². The van der Waals surface area contributed by atoms with Gasteiger partial charge in [0.2, 0.25) is 0 Å². The number of rotatable bonds is 2. The van der Waals surface area contributed by atoms with E-state index in [1.807, 2.05) is 0 Å². The molecule has 0 aliphatic heterocycles. The minimum absolute atomic E-state index is 0.0314. The number of anilines is 2. The number of halogens is 4. The minimum Gasteiger partial charge on any atom is -0.335 e. The lowest BCUT2D eigenvalue weighted by molar-refractivity contribution is 0.598. The van der Waals surface area contributed by atoms with Crippen molar-refractivity contribution in [3.63, 3.8) is 0 Å². The highest BCUT2D eigenvalue weighted by Gasteiger charge is 2.17. The van der Waals surface area contributed by atoms with Gasteiger partial charge in [-0.25, -0.2) is 23.1 Å². The Kier molecular flexibility index (Phi) is 3.76. The van der Waals surface area contributed by atoms with Gasteiger partial charge in [0, 0.05) is 22.1 Å². The summed E-state index contributed by atoms with van der Waals surface area (Å²) in [7, 11) is 0. The number of benzene rings is 2. The van der Waals surface area contributed by atoms with Gasteiger partial charge in [-0.3, -0.25) is 4.98 Å². The van der Waals surface area contributed by atoms with Gasteiger partial charge in [0.25, 0.3) is 0 Å². The van der Waals surface area contributed by atoms with Crippen LogP contribution in [-0.2, 0) is 0 Å². The van der Waals surface area contributed by atoms with Crippen molar-refractivity contribution in [3.05, 3.63) is 64.8 Å². The second-order valence-corrected chi connectivity index (χ2v) is 6.16. The van der Waals surface area contributed by atoms with Crippen molar-refractivity contribution in [1.82, 2.24) is 15.0 Å². The lowest BCUT2D eigenvalue weighted by atomic mass is 10.1. The van der Waals surface area contributed by atoms with Crippen molar-refractivity contribution < 1.29 is 13.2 Å². The monoisotopic (exact) mass is 404 g/mol. The van der Waals surface area contributed by atoms with Crippen molar-refractivity contribution in [2.45, 2.75) is 0 Å². The molecule has 0 radical (unpaired) electrons. The van der Waals surface area contributed by atoms with Crippen LogP contribution in [0.5, 0.6) is 0 Å². The Bertz CT molecular complexity index is 1130. The summed E-state index contributed by atoms with van der Waals surface area (Å²) < 4.78 is 43.9.